The first kappa shape index (κ1) is 25.6. The molecule has 34 heavy (non-hydrogen) atoms. The van der Waals surface area contributed by atoms with Gasteiger partial charge in [0.25, 0.3) is 5.56 Å². The molecule has 0 fully saturated rings. The number of esters is 1. The van der Waals surface area contributed by atoms with Gasteiger partial charge in [0.05, 0.1) is 36.7 Å². The maximum Gasteiger partial charge on any atom is 0.338 e. The molecule has 0 saturated heterocycles. The highest BCUT2D eigenvalue weighted by Gasteiger charge is 2.34. The summed E-state index contributed by atoms with van der Waals surface area (Å²) in [6.45, 7) is 4.09. The average molecular weight is 720 g/mol. The number of ether oxygens (including phenoxy) is 2. The first-order chi connectivity index (χ1) is 16.4. The van der Waals surface area contributed by atoms with E-state index >= 15 is 0 Å². The molecule has 0 radical (unpaired) electrons. The SMILES string of the molecule is CCCC1=C(C(=O)OCC)C(c2cccs2)n2c(s/c(=C\c3cc(I)c(OC)c(I)c3)c2=O)=N1. The smallest absolute Gasteiger partial charge is 0.338 e. The molecule has 0 saturated carbocycles. The van der Waals surface area contributed by atoms with Gasteiger partial charge in [-0.2, -0.15) is 0 Å². The standard InChI is InChI=1S/C24H22I2N2O4S2/c1-4-7-16-19(23(30)32-5-2)20(17-8-6-9-33-17)28-22(29)18(34-24(28)27-16)12-13-10-14(25)21(31-3)15(26)11-13/h6,8-12,20H,4-5,7H2,1-3H3/b18-12-. The number of allylic oxidation sites excluding steroid dienone is 1. The predicted octanol–water partition coefficient (Wildman–Crippen LogP) is 4.86. The Hall–Kier alpha value is -1.51. The van der Waals surface area contributed by atoms with Crippen LogP contribution in [0.2, 0.25) is 0 Å². The van der Waals surface area contributed by atoms with E-state index in [0.717, 1.165) is 29.8 Å². The summed E-state index contributed by atoms with van der Waals surface area (Å²) in [6.07, 6.45) is 3.35. The van der Waals surface area contributed by atoms with Crippen LogP contribution in [0.4, 0.5) is 0 Å². The van der Waals surface area contributed by atoms with Gasteiger partial charge in [0.2, 0.25) is 0 Å². The lowest BCUT2D eigenvalue weighted by Gasteiger charge is -2.24. The highest BCUT2D eigenvalue weighted by atomic mass is 127. The first-order valence-electron chi connectivity index (χ1n) is 10.7. The van der Waals surface area contributed by atoms with Crippen molar-refractivity contribution in [3.05, 3.63) is 78.2 Å². The Balaban J connectivity index is 1.95. The van der Waals surface area contributed by atoms with Crippen LogP contribution in [0.15, 0.2) is 50.7 Å². The number of fused-ring (bicyclic) bond motifs is 1. The second-order valence-electron chi connectivity index (χ2n) is 7.45. The van der Waals surface area contributed by atoms with Gasteiger partial charge in [-0.3, -0.25) is 9.36 Å². The predicted molar refractivity (Wildman–Crippen MR) is 152 cm³/mol. The van der Waals surface area contributed by atoms with Crippen LogP contribution in [0, 0.1) is 7.14 Å². The zero-order valence-electron chi connectivity index (χ0n) is 18.8. The maximum absolute atomic E-state index is 13.7. The van der Waals surface area contributed by atoms with Crippen molar-refractivity contribution in [2.75, 3.05) is 13.7 Å². The highest BCUT2D eigenvalue weighted by Crippen LogP contribution is 2.34. The van der Waals surface area contributed by atoms with Crippen LogP contribution in [-0.2, 0) is 9.53 Å². The minimum absolute atomic E-state index is 0.166. The normalized spacial score (nSPS) is 15.8. The number of aromatic nitrogens is 1. The number of carbonyl (C=O) groups excluding carboxylic acids is 1. The van der Waals surface area contributed by atoms with Gasteiger partial charge in [0.15, 0.2) is 4.80 Å². The van der Waals surface area contributed by atoms with E-state index in [9.17, 15) is 9.59 Å². The zero-order valence-corrected chi connectivity index (χ0v) is 24.7. The second-order valence-corrected chi connectivity index (χ2v) is 11.8. The Morgan fingerprint density at radius 2 is 2.00 bits per heavy atom. The molecule has 0 amide bonds. The minimum atomic E-state index is -0.546. The van der Waals surface area contributed by atoms with Crippen molar-refractivity contribution in [1.82, 2.24) is 4.57 Å². The van der Waals surface area contributed by atoms with Crippen molar-refractivity contribution >= 4 is 79.9 Å². The van der Waals surface area contributed by atoms with Gasteiger partial charge in [-0.1, -0.05) is 30.7 Å². The second kappa shape index (κ2) is 11.0. The lowest BCUT2D eigenvalue weighted by molar-refractivity contribution is -0.139. The van der Waals surface area contributed by atoms with Gasteiger partial charge < -0.3 is 9.47 Å². The molecule has 1 unspecified atom stereocenters. The monoisotopic (exact) mass is 720 g/mol. The van der Waals surface area contributed by atoms with Crippen LogP contribution in [0.5, 0.6) is 5.75 Å². The van der Waals surface area contributed by atoms with Crippen LogP contribution in [0.1, 0.15) is 43.2 Å². The molecule has 3 heterocycles. The number of nitrogens with zero attached hydrogens (tertiary/aromatic N) is 2. The van der Waals surface area contributed by atoms with Crippen molar-refractivity contribution in [2.45, 2.75) is 32.7 Å². The van der Waals surface area contributed by atoms with Gasteiger partial charge in [-0.15, -0.1) is 11.3 Å². The number of methoxy groups -OCH3 is 1. The summed E-state index contributed by atoms with van der Waals surface area (Å²) in [7, 11) is 1.65. The summed E-state index contributed by atoms with van der Waals surface area (Å²) < 4.78 is 15.0. The molecule has 6 nitrogen and oxygen atoms in total. The largest absolute Gasteiger partial charge is 0.495 e. The Labute approximate surface area is 232 Å². The molecular formula is C24H22I2N2O4S2. The fourth-order valence-corrected chi connectivity index (χ4v) is 7.95. The quantitative estimate of drug-likeness (QED) is 0.259. The molecule has 0 N–H and O–H groups in total. The summed E-state index contributed by atoms with van der Waals surface area (Å²) in [6, 6.07) is 7.32. The molecule has 0 bridgehead atoms. The number of hydrogen-bond donors (Lipinski definition) is 0. The average Bonchev–Trinajstić information content (AvgIpc) is 3.42. The fourth-order valence-electron chi connectivity index (χ4n) is 3.85. The Bertz CT molecular complexity index is 1420. The third-order valence-corrected chi connectivity index (χ3v) is 8.74. The number of halogens is 2. The third-order valence-electron chi connectivity index (χ3n) is 5.23. The number of benzene rings is 1. The number of carbonyl (C=O) groups is 1. The number of thiophene rings is 1. The molecule has 0 spiro atoms. The molecule has 1 atom stereocenters. The summed E-state index contributed by atoms with van der Waals surface area (Å²) in [5.74, 6) is 0.405. The molecule has 1 aliphatic heterocycles. The summed E-state index contributed by atoms with van der Waals surface area (Å²) in [5, 5.41) is 1.95. The van der Waals surface area contributed by atoms with Crippen molar-refractivity contribution in [2.24, 2.45) is 4.99 Å². The van der Waals surface area contributed by atoms with Crippen LogP contribution < -0.4 is 19.6 Å². The number of rotatable bonds is 7. The minimum Gasteiger partial charge on any atom is -0.495 e. The summed E-state index contributed by atoms with van der Waals surface area (Å²) >= 11 is 7.33. The first-order valence-corrected chi connectivity index (χ1v) is 14.5. The van der Waals surface area contributed by atoms with E-state index in [1.807, 2.05) is 42.6 Å². The summed E-state index contributed by atoms with van der Waals surface area (Å²) in [5.41, 5.74) is 1.89. The van der Waals surface area contributed by atoms with E-state index in [0.29, 0.717) is 27.0 Å². The lowest BCUT2D eigenvalue weighted by atomic mass is 9.99. The highest BCUT2D eigenvalue weighted by molar-refractivity contribution is 14.1. The van der Waals surface area contributed by atoms with E-state index in [1.54, 1.807) is 18.6 Å². The molecular weight excluding hydrogens is 698 g/mol. The third kappa shape index (κ3) is 4.91. The maximum atomic E-state index is 13.7. The van der Waals surface area contributed by atoms with Crippen LogP contribution in [0.3, 0.4) is 0 Å². The van der Waals surface area contributed by atoms with E-state index in [2.05, 4.69) is 45.2 Å². The zero-order chi connectivity index (χ0) is 24.4. The van der Waals surface area contributed by atoms with Gasteiger partial charge >= 0.3 is 5.97 Å². The van der Waals surface area contributed by atoms with Gasteiger partial charge in [-0.25, -0.2) is 9.79 Å². The van der Waals surface area contributed by atoms with Crippen molar-refractivity contribution in [3.8, 4) is 5.75 Å². The molecule has 1 aromatic carbocycles. The van der Waals surface area contributed by atoms with Gasteiger partial charge in [0.1, 0.15) is 11.8 Å². The fraction of sp³-hybridized carbons (Fsp3) is 0.292. The van der Waals surface area contributed by atoms with E-state index in [-0.39, 0.29) is 12.2 Å². The number of hydrogen-bond acceptors (Lipinski definition) is 7. The van der Waals surface area contributed by atoms with Gasteiger partial charge in [-0.05, 0) is 93.7 Å². The molecule has 3 aromatic rings. The van der Waals surface area contributed by atoms with E-state index < -0.39 is 12.0 Å². The molecule has 4 rings (SSSR count). The Morgan fingerprint density at radius 1 is 1.26 bits per heavy atom. The van der Waals surface area contributed by atoms with Crippen molar-refractivity contribution in [3.63, 3.8) is 0 Å². The van der Waals surface area contributed by atoms with Crippen LogP contribution in [0.25, 0.3) is 6.08 Å². The molecule has 2 aromatic heterocycles. The topological polar surface area (TPSA) is 69.9 Å². The summed E-state index contributed by atoms with van der Waals surface area (Å²) in [4.78, 5) is 33.1. The molecule has 0 aliphatic carbocycles. The van der Waals surface area contributed by atoms with E-state index in [4.69, 9.17) is 14.5 Å². The van der Waals surface area contributed by atoms with Crippen molar-refractivity contribution < 1.29 is 14.3 Å². The molecule has 178 valence electrons. The van der Waals surface area contributed by atoms with Crippen molar-refractivity contribution in [1.29, 1.82) is 0 Å². The van der Waals surface area contributed by atoms with Gasteiger partial charge in [0, 0.05) is 4.88 Å². The molecule has 1 aliphatic rings. The van der Waals surface area contributed by atoms with Crippen LogP contribution in [-0.4, -0.2) is 24.3 Å². The number of thiazole rings is 1. The lowest BCUT2D eigenvalue weighted by Crippen LogP contribution is -2.39. The Kier molecular flexibility index (Phi) is 8.31. The molecule has 10 heteroatoms. The Morgan fingerprint density at radius 3 is 2.59 bits per heavy atom. The van der Waals surface area contributed by atoms with E-state index in [1.165, 1.54) is 22.7 Å². The van der Waals surface area contributed by atoms with Crippen LogP contribution >= 0.6 is 67.9 Å².